The van der Waals surface area contributed by atoms with Crippen molar-refractivity contribution in [3.05, 3.63) is 23.8 Å². The van der Waals surface area contributed by atoms with Gasteiger partial charge >= 0.3 is 5.97 Å². The van der Waals surface area contributed by atoms with Gasteiger partial charge in [-0.2, -0.15) is 0 Å². The number of ether oxygens (including phenoxy) is 2. The number of aromatic carboxylic acids is 1. The summed E-state index contributed by atoms with van der Waals surface area (Å²) in [4.78, 5) is 10.9. The maximum Gasteiger partial charge on any atom is 0.335 e. The molecule has 18 heavy (non-hydrogen) atoms. The van der Waals surface area contributed by atoms with Crippen LogP contribution in [0.4, 0.5) is 0 Å². The summed E-state index contributed by atoms with van der Waals surface area (Å²) < 4.78 is 12.0. The molecule has 1 N–H and O–H groups in total. The van der Waals surface area contributed by atoms with Gasteiger partial charge in [-0.25, -0.2) is 4.79 Å². The lowest BCUT2D eigenvalue weighted by atomic mass is 10.1. The van der Waals surface area contributed by atoms with E-state index in [0.29, 0.717) is 19.1 Å². The highest BCUT2D eigenvalue weighted by Gasteiger charge is 2.12. The third-order valence-corrected chi connectivity index (χ3v) is 2.59. The maximum atomic E-state index is 10.9. The second kappa shape index (κ2) is 5.05. The standard InChI is InChI=1S/C12H14N2O4/c1-14-10-7-8(12(15)16)3-4-9(10)11(13-14)18-6-5-17-2/h3-4,7H,5-6H2,1-2H3,(H,15,16). The Labute approximate surface area is 104 Å². The van der Waals surface area contributed by atoms with Crippen LogP contribution in [0.25, 0.3) is 10.9 Å². The average Bonchev–Trinajstić information content (AvgIpc) is 2.66. The van der Waals surface area contributed by atoms with Gasteiger partial charge in [0.2, 0.25) is 5.88 Å². The molecule has 96 valence electrons. The van der Waals surface area contributed by atoms with Crippen molar-refractivity contribution in [1.29, 1.82) is 0 Å². The Morgan fingerprint density at radius 1 is 1.44 bits per heavy atom. The molecule has 0 aliphatic heterocycles. The van der Waals surface area contributed by atoms with Crippen LogP contribution in [0.3, 0.4) is 0 Å². The largest absolute Gasteiger partial charge is 0.478 e. The number of carbonyl (C=O) groups is 1. The Hall–Kier alpha value is -2.08. The average molecular weight is 250 g/mol. The molecular formula is C12H14N2O4. The molecule has 0 unspecified atom stereocenters. The van der Waals surface area contributed by atoms with Crippen LogP contribution in [0.1, 0.15) is 10.4 Å². The van der Waals surface area contributed by atoms with Crippen LogP contribution >= 0.6 is 0 Å². The van der Waals surface area contributed by atoms with E-state index in [1.807, 2.05) is 0 Å². The summed E-state index contributed by atoms with van der Waals surface area (Å²) in [5.74, 6) is -0.471. The smallest absolute Gasteiger partial charge is 0.335 e. The van der Waals surface area contributed by atoms with Crippen LogP contribution in [0.5, 0.6) is 5.88 Å². The minimum atomic E-state index is -0.958. The van der Waals surface area contributed by atoms with Crippen LogP contribution in [-0.2, 0) is 11.8 Å². The van der Waals surface area contributed by atoms with Gasteiger partial charge in [-0.15, -0.1) is 5.10 Å². The van der Waals surface area contributed by atoms with Gasteiger partial charge in [0.05, 0.1) is 23.1 Å². The van der Waals surface area contributed by atoms with E-state index in [2.05, 4.69) is 5.10 Å². The minimum Gasteiger partial charge on any atom is -0.478 e. The van der Waals surface area contributed by atoms with Gasteiger partial charge in [0.25, 0.3) is 0 Å². The number of benzene rings is 1. The van der Waals surface area contributed by atoms with Crippen molar-refractivity contribution in [3.63, 3.8) is 0 Å². The number of hydrogen-bond donors (Lipinski definition) is 1. The van der Waals surface area contributed by atoms with Gasteiger partial charge in [0, 0.05) is 14.2 Å². The second-order valence-electron chi connectivity index (χ2n) is 3.81. The van der Waals surface area contributed by atoms with Crippen LogP contribution in [-0.4, -0.2) is 41.2 Å². The zero-order valence-corrected chi connectivity index (χ0v) is 10.2. The minimum absolute atomic E-state index is 0.231. The zero-order chi connectivity index (χ0) is 13.1. The van der Waals surface area contributed by atoms with Crippen molar-refractivity contribution in [3.8, 4) is 5.88 Å². The summed E-state index contributed by atoms with van der Waals surface area (Å²) >= 11 is 0. The van der Waals surface area contributed by atoms with Crippen molar-refractivity contribution in [1.82, 2.24) is 9.78 Å². The second-order valence-corrected chi connectivity index (χ2v) is 3.81. The van der Waals surface area contributed by atoms with Crippen molar-refractivity contribution in [2.24, 2.45) is 7.05 Å². The molecule has 0 atom stereocenters. The predicted octanol–water partition coefficient (Wildman–Crippen LogP) is 1.30. The molecule has 0 saturated heterocycles. The molecule has 6 nitrogen and oxygen atoms in total. The molecular weight excluding hydrogens is 236 g/mol. The molecule has 0 amide bonds. The van der Waals surface area contributed by atoms with Gasteiger partial charge < -0.3 is 14.6 Å². The monoisotopic (exact) mass is 250 g/mol. The highest BCUT2D eigenvalue weighted by Crippen LogP contribution is 2.25. The van der Waals surface area contributed by atoms with Crippen molar-refractivity contribution < 1.29 is 19.4 Å². The maximum absolute atomic E-state index is 10.9. The number of carboxylic acid groups (broad SMARTS) is 1. The number of nitrogens with zero attached hydrogens (tertiary/aromatic N) is 2. The van der Waals surface area contributed by atoms with Gasteiger partial charge in [-0.3, -0.25) is 4.68 Å². The molecule has 2 rings (SSSR count). The molecule has 2 aromatic rings. The molecule has 1 aromatic heterocycles. The number of aromatic nitrogens is 2. The summed E-state index contributed by atoms with van der Waals surface area (Å²) in [6.45, 7) is 0.884. The van der Waals surface area contributed by atoms with E-state index in [-0.39, 0.29) is 5.56 Å². The summed E-state index contributed by atoms with van der Waals surface area (Å²) in [5.41, 5.74) is 0.955. The number of methoxy groups -OCH3 is 1. The normalized spacial score (nSPS) is 10.8. The predicted molar refractivity (Wildman–Crippen MR) is 65.0 cm³/mol. The highest BCUT2D eigenvalue weighted by molar-refractivity contribution is 5.94. The van der Waals surface area contributed by atoms with Crippen LogP contribution in [0.15, 0.2) is 18.2 Å². The fourth-order valence-electron chi connectivity index (χ4n) is 1.69. The first-order chi connectivity index (χ1) is 8.63. The van der Waals surface area contributed by atoms with Crippen molar-refractivity contribution in [2.45, 2.75) is 0 Å². The van der Waals surface area contributed by atoms with E-state index in [0.717, 1.165) is 10.9 Å². The molecule has 0 aliphatic rings. The summed E-state index contributed by atoms with van der Waals surface area (Å²) in [6.07, 6.45) is 0. The molecule has 0 aliphatic carbocycles. The Bertz CT molecular complexity index is 577. The molecule has 0 saturated carbocycles. The van der Waals surface area contributed by atoms with E-state index in [9.17, 15) is 4.79 Å². The van der Waals surface area contributed by atoms with Crippen molar-refractivity contribution in [2.75, 3.05) is 20.3 Å². The first-order valence-corrected chi connectivity index (χ1v) is 5.45. The van der Waals surface area contributed by atoms with Crippen LogP contribution in [0, 0.1) is 0 Å². The van der Waals surface area contributed by atoms with E-state index in [1.165, 1.54) is 6.07 Å². The van der Waals surface area contributed by atoms with E-state index in [4.69, 9.17) is 14.6 Å². The lowest BCUT2D eigenvalue weighted by Gasteiger charge is -2.01. The van der Waals surface area contributed by atoms with Crippen LogP contribution < -0.4 is 4.74 Å². The number of hydrogen-bond acceptors (Lipinski definition) is 4. The Kier molecular flexibility index (Phi) is 3.47. The molecule has 1 aromatic carbocycles. The molecule has 0 spiro atoms. The third kappa shape index (κ3) is 2.28. The third-order valence-electron chi connectivity index (χ3n) is 2.59. The van der Waals surface area contributed by atoms with Gasteiger partial charge in [-0.1, -0.05) is 0 Å². The molecule has 6 heteroatoms. The first kappa shape index (κ1) is 12.4. The number of carboxylic acids is 1. The highest BCUT2D eigenvalue weighted by atomic mass is 16.5. The molecule has 0 bridgehead atoms. The SMILES string of the molecule is COCCOc1nn(C)c2cc(C(=O)O)ccc12. The fraction of sp³-hybridized carbons (Fsp3) is 0.333. The van der Waals surface area contributed by atoms with Crippen molar-refractivity contribution >= 4 is 16.9 Å². The van der Waals surface area contributed by atoms with Gasteiger partial charge in [0.15, 0.2) is 0 Å². The van der Waals surface area contributed by atoms with E-state index < -0.39 is 5.97 Å². The zero-order valence-electron chi connectivity index (χ0n) is 10.2. The summed E-state index contributed by atoms with van der Waals surface area (Å²) in [6, 6.07) is 4.82. The summed E-state index contributed by atoms with van der Waals surface area (Å²) in [5, 5.41) is 13.9. The Balaban J connectivity index is 2.36. The summed E-state index contributed by atoms with van der Waals surface area (Å²) in [7, 11) is 3.34. The molecule has 1 heterocycles. The Morgan fingerprint density at radius 2 is 2.22 bits per heavy atom. The number of rotatable bonds is 5. The lowest BCUT2D eigenvalue weighted by Crippen LogP contribution is -2.05. The first-order valence-electron chi connectivity index (χ1n) is 5.45. The number of aryl methyl sites for hydroxylation is 1. The van der Waals surface area contributed by atoms with E-state index in [1.54, 1.807) is 31.0 Å². The number of fused-ring (bicyclic) bond motifs is 1. The molecule has 0 radical (unpaired) electrons. The Morgan fingerprint density at radius 3 is 2.89 bits per heavy atom. The fourth-order valence-corrected chi connectivity index (χ4v) is 1.69. The van der Waals surface area contributed by atoms with Crippen LogP contribution in [0.2, 0.25) is 0 Å². The van der Waals surface area contributed by atoms with E-state index >= 15 is 0 Å². The van der Waals surface area contributed by atoms with Gasteiger partial charge in [-0.05, 0) is 18.2 Å². The molecule has 0 fully saturated rings. The topological polar surface area (TPSA) is 73.6 Å². The van der Waals surface area contributed by atoms with Gasteiger partial charge in [0.1, 0.15) is 6.61 Å². The quantitative estimate of drug-likeness (QED) is 0.809. The lowest BCUT2D eigenvalue weighted by molar-refractivity contribution is 0.0697.